The van der Waals surface area contributed by atoms with Crippen LogP contribution in [0, 0.1) is 0 Å². The van der Waals surface area contributed by atoms with E-state index in [0.717, 1.165) is 12.2 Å². The van der Waals surface area contributed by atoms with Gasteiger partial charge in [0.25, 0.3) is 0 Å². The molecule has 0 saturated heterocycles. The van der Waals surface area contributed by atoms with E-state index in [2.05, 4.69) is 5.32 Å². The van der Waals surface area contributed by atoms with E-state index in [1.54, 1.807) is 41.5 Å². The van der Waals surface area contributed by atoms with Crippen LogP contribution in [0.5, 0.6) is 0 Å². The van der Waals surface area contributed by atoms with Crippen molar-refractivity contribution in [2.45, 2.75) is 59.3 Å². The molecule has 0 spiro atoms. The normalized spacial score (nSPS) is 12.9. The van der Waals surface area contributed by atoms with Crippen LogP contribution < -0.4 is 5.32 Å². The van der Waals surface area contributed by atoms with Gasteiger partial charge in [-0.2, -0.15) is 0 Å². The minimum Gasteiger partial charge on any atom is -0.460 e. The number of carbonyl (C=O) groups excluding carboxylic acids is 3. The molecule has 0 aromatic rings. The van der Waals surface area contributed by atoms with E-state index in [9.17, 15) is 14.4 Å². The molecule has 0 aromatic heterocycles. The maximum atomic E-state index is 11.5. The van der Waals surface area contributed by atoms with Crippen molar-refractivity contribution in [3.63, 3.8) is 0 Å². The zero-order chi connectivity index (χ0) is 17.3. The van der Waals surface area contributed by atoms with Crippen LogP contribution in [0.2, 0.25) is 0 Å². The number of rotatable bonds is 6. The van der Waals surface area contributed by atoms with Gasteiger partial charge in [0, 0.05) is 12.2 Å². The molecular weight excluding hydrogens is 290 g/mol. The predicted molar refractivity (Wildman–Crippen MR) is 80.2 cm³/mol. The van der Waals surface area contributed by atoms with E-state index in [-0.39, 0.29) is 12.7 Å². The maximum Gasteiger partial charge on any atom is 0.407 e. The summed E-state index contributed by atoms with van der Waals surface area (Å²) in [6, 6.07) is -0.421. The fourth-order valence-corrected chi connectivity index (χ4v) is 1.21. The second-order valence-corrected chi connectivity index (χ2v) is 6.00. The lowest BCUT2D eigenvalue weighted by Gasteiger charge is -2.21. The summed E-state index contributed by atoms with van der Waals surface area (Å²) in [6.07, 6.45) is 1.12. The molecule has 1 amide bonds. The lowest BCUT2D eigenvalue weighted by Crippen LogP contribution is -2.40. The highest BCUT2D eigenvalue weighted by atomic mass is 16.6. The number of carbonyl (C=O) groups is 3. The summed E-state index contributed by atoms with van der Waals surface area (Å²) in [5.41, 5.74) is -0.597. The monoisotopic (exact) mass is 315 g/mol. The highest BCUT2D eigenvalue weighted by Crippen LogP contribution is 2.06. The highest BCUT2D eigenvalue weighted by Gasteiger charge is 2.18. The van der Waals surface area contributed by atoms with Gasteiger partial charge in [0.2, 0.25) is 0 Å². The zero-order valence-electron chi connectivity index (χ0n) is 14.0. The second-order valence-electron chi connectivity index (χ2n) is 6.00. The van der Waals surface area contributed by atoms with Crippen LogP contribution in [0.4, 0.5) is 4.79 Å². The van der Waals surface area contributed by atoms with Crippen molar-refractivity contribution in [1.29, 1.82) is 0 Å². The standard InChI is InChI=1S/C15H25NO6/c1-10(2)21-13(18)8-7-12(17)20-9-11(3)16-14(19)22-15(4,5)6/h7-8,10-11H,9H2,1-6H3,(H,16,19)/b8-7+/t11-/m1/s1. The van der Waals surface area contributed by atoms with Crippen molar-refractivity contribution in [2.75, 3.05) is 6.61 Å². The zero-order valence-corrected chi connectivity index (χ0v) is 14.0. The van der Waals surface area contributed by atoms with Gasteiger partial charge < -0.3 is 19.5 Å². The van der Waals surface area contributed by atoms with Gasteiger partial charge in [-0.05, 0) is 41.5 Å². The van der Waals surface area contributed by atoms with E-state index in [1.807, 2.05) is 0 Å². The Labute approximate surface area is 131 Å². The Bertz CT molecular complexity index is 422. The Morgan fingerprint density at radius 3 is 2.09 bits per heavy atom. The molecule has 22 heavy (non-hydrogen) atoms. The van der Waals surface area contributed by atoms with Crippen molar-refractivity contribution in [1.82, 2.24) is 5.32 Å². The van der Waals surface area contributed by atoms with Crippen LogP contribution in [0.25, 0.3) is 0 Å². The molecule has 0 heterocycles. The molecule has 0 fully saturated rings. The van der Waals surface area contributed by atoms with Gasteiger partial charge >= 0.3 is 18.0 Å². The number of amides is 1. The summed E-state index contributed by atoms with van der Waals surface area (Å²) >= 11 is 0. The summed E-state index contributed by atoms with van der Waals surface area (Å²) < 4.78 is 14.8. The van der Waals surface area contributed by atoms with Crippen LogP contribution in [0.1, 0.15) is 41.5 Å². The molecule has 0 unspecified atom stereocenters. The third-order valence-corrected chi connectivity index (χ3v) is 1.95. The number of alkyl carbamates (subject to hydrolysis) is 1. The maximum absolute atomic E-state index is 11.5. The molecule has 0 aliphatic carbocycles. The summed E-state index contributed by atoms with van der Waals surface area (Å²) in [5.74, 6) is -1.31. The number of hydrogen-bond acceptors (Lipinski definition) is 6. The molecule has 0 rings (SSSR count). The molecule has 0 saturated carbocycles. The molecule has 0 bridgehead atoms. The lowest BCUT2D eigenvalue weighted by atomic mass is 10.2. The average Bonchev–Trinajstić information content (AvgIpc) is 2.30. The van der Waals surface area contributed by atoms with Crippen molar-refractivity contribution in [2.24, 2.45) is 0 Å². The highest BCUT2D eigenvalue weighted by molar-refractivity contribution is 5.91. The van der Waals surface area contributed by atoms with E-state index >= 15 is 0 Å². The first-order valence-corrected chi connectivity index (χ1v) is 7.04. The van der Waals surface area contributed by atoms with Gasteiger partial charge in [-0.25, -0.2) is 14.4 Å². The molecule has 0 radical (unpaired) electrons. The van der Waals surface area contributed by atoms with Gasteiger partial charge in [-0.3, -0.25) is 0 Å². The van der Waals surface area contributed by atoms with Crippen LogP contribution in [0.15, 0.2) is 12.2 Å². The van der Waals surface area contributed by atoms with Gasteiger partial charge in [0.05, 0.1) is 12.1 Å². The minimum absolute atomic E-state index is 0.0400. The Morgan fingerprint density at radius 2 is 1.59 bits per heavy atom. The number of ether oxygens (including phenoxy) is 3. The Balaban J connectivity index is 4.07. The fraction of sp³-hybridized carbons (Fsp3) is 0.667. The quantitative estimate of drug-likeness (QED) is 0.458. The van der Waals surface area contributed by atoms with Crippen molar-refractivity contribution >= 4 is 18.0 Å². The average molecular weight is 315 g/mol. The van der Waals surface area contributed by atoms with E-state index < -0.39 is 29.7 Å². The molecular formula is C15H25NO6. The summed E-state index contributed by atoms with van der Waals surface area (Å²) in [7, 11) is 0. The SMILES string of the molecule is CC(C)OC(=O)/C=C/C(=O)OC[C@@H](C)NC(=O)OC(C)(C)C. The van der Waals surface area contributed by atoms with Gasteiger partial charge in [-0.15, -0.1) is 0 Å². The first-order chi connectivity index (χ1) is 9.99. The topological polar surface area (TPSA) is 90.9 Å². The largest absolute Gasteiger partial charge is 0.460 e. The van der Waals surface area contributed by atoms with Crippen LogP contribution >= 0.6 is 0 Å². The minimum atomic E-state index is -0.696. The van der Waals surface area contributed by atoms with E-state index in [4.69, 9.17) is 14.2 Å². The number of esters is 2. The Hall–Kier alpha value is -2.05. The summed E-state index contributed by atoms with van der Waals surface area (Å²) in [6.45, 7) is 10.3. The van der Waals surface area contributed by atoms with Gasteiger partial charge in [0.15, 0.2) is 0 Å². The van der Waals surface area contributed by atoms with E-state index in [1.165, 1.54) is 0 Å². The molecule has 0 aliphatic rings. The first kappa shape index (κ1) is 19.9. The Kier molecular flexibility index (Phi) is 8.22. The van der Waals surface area contributed by atoms with Crippen molar-refractivity contribution in [3.05, 3.63) is 12.2 Å². The molecule has 7 nitrogen and oxygen atoms in total. The molecule has 1 atom stereocenters. The Morgan fingerprint density at radius 1 is 1.05 bits per heavy atom. The lowest BCUT2D eigenvalue weighted by molar-refractivity contribution is -0.143. The second kappa shape index (κ2) is 9.07. The number of hydrogen-bond donors (Lipinski definition) is 1. The van der Waals surface area contributed by atoms with Crippen LogP contribution in [-0.2, 0) is 23.8 Å². The first-order valence-electron chi connectivity index (χ1n) is 7.04. The molecule has 126 valence electrons. The summed E-state index contributed by atoms with van der Waals surface area (Å²) in [5, 5.41) is 2.53. The smallest absolute Gasteiger partial charge is 0.407 e. The molecule has 0 aliphatic heterocycles. The van der Waals surface area contributed by atoms with Gasteiger partial charge in [-0.1, -0.05) is 0 Å². The summed E-state index contributed by atoms with van der Waals surface area (Å²) in [4.78, 5) is 34.1. The third kappa shape index (κ3) is 11.7. The van der Waals surface area contributed by atoms with Gasteiger partial charge in [0.1, 0.15) is 12.2 Å². The van der Waals surface area contributed by atoms with Crippen LogP contribution in [-0.4, -0.2) is 42.4 Å². The molecule has 0 aromatic carbocycles. The van der Waals surface area contributed by atoms with E-state index in [0.29, 0.717) is 0 Å². The van der Waals surface area contributed by atoms with Crippen molar-refractivity contribution in [3.8, 4) is 0 Å². The van der Waals surface area contributed by atoms with Crippen molar-refractivity contribution < 1.29 is 28.6 Å². The number of nitrogens with one attached hydrogen (secondary N) is 1. The van der Waals surface area contributed by atoms with Crippen LogP contribution in [0.3, 0.4) is 0 Å². The third-order valence-electron chi connectivity index (χ3n) is 1.95. The molecule has 7 heteroatoms. The fourth-order valence-electron chi connectivity index (χ4n) is 1.21. The predicted octanol–water partition coefficient (Wildman–Crippen LogP) is 1.95. The molecule has 1 N–H and O–H groups in total.